The van der Waals surface area contributed by atoms with Gasteiger partial charge in [0.05, 0.1) is 17.5 Å². The molecule has 0 aliphatic carbocycles. The molecule has 1 aromatic rings. The van der Waals surface area contributed by atoms with Gasteiger partial charge in [-0.1, -0.05) is 44.5 Å². The molecule has 0 bridgehead atoms. The molecule has 90 valence electrons. The minimum Gasteiger partial charge on any atom is -0.492 e. The Morgan fingerprint density at radius 2 is 1.94 bits per heavy atom. The van der Waals surface area contributed by atoms with Crippen LogP contribution >= 0.6 is 23.2 Å². The summed E-state index contributed by atoms with van der Waals surface area (Å²) in [6.45, 7) is 7.22. The van der Waals surface area contributed by atoms with E-state index in [4.69, 9.17) is 27.9 Å². The van der Waals surface area contributed by atoms with Crippen LogP contribution in [0.15, 0.2) is 18.2 Å². The van der Waals surface area contributed by atoms with Crippen LogP contribution in [0.3, 0.4) is 0 Å². The van der Waals surface area contributed by atoms with E-state index in [1.807, 2.05) is 18.2 Å². The zero-order valence-corrected chi connectivity index (χ0v) is 11.5. The van der Waals surface area contributed by atoms with Gasteiger partial charge in [0.25, 0.3) is 0 Å². The van der Waals surface area contributed by atoms with Crippen molar-refractivity contribution in [2.75, 3.05) is 6.61 Å². The fourth-order valence-corrected chi connectivity index (χ4v) is 1.74. The summed E-state index contributed by atoms with van der Waals surface area (Å²) in [6.07, 6.45) is 0.986. The van der Waals surface area contributed by atoms with E-state index < -0.39 is 0 Å². The lowest BCUT2D eigenvalue weighted by Crippen LogP contribution is -2.11. The molecule has 0 aliphatic rings. The molecule has 16 heavy (non-hydrogen) atoms. The standard InChI is InChI=1S/C13H18Cl2O/c1-13(2,3)7-8-16-12-10(9-14)5-4-6-11(12)15/h4-6H,7-9H2,1-3H3. The van der Waals surface area contributed by atoms with Crippen molar-refractivity contribution in [3.05, 3.63) is 28.8 Å². The lowest BCUT2D eigenvalue weighted by molar-refractivity contribution is 0.242. The van der Waals surface area contributed by atoms with Crippen molar-refractivity contribution in [1.29, 1.82) is 0 Å². The maximum Gasteiger partial charge on any atom is 0.142 e. The van der Waals surface area contributed by atoms with Gasteiger partial charge in [0.1, 0.15) is 5.75 Å². The third kappa shape index (κ3) is 4.23. The number of hydrogen-bond donors (Lipinski definition) is 0. The Balaban J connectivity index is 2.66. The summed E-state index contributed by atoms with van der Waals surface area (Å²) in [5.41, 5.74) is 1.21. The molecule has 3 heteroatoms. The lowest BCUT2D eigenvalue weighted by atomic mass is 9.93. The first-order valence-electron chi connectivity index (χ1n) is 5.40. The largest absolute Gasteiger partial charge is 0.492 e. The SMILES string of the molecule is CC(C)(C)CCOc1c(Cl)cccc1CCl. The predicted molar refractivity (Wildman–Crippen MR) is 70.6 cm³/mol. The predicted octanol–water partition coefficient (Wildman–Crippen LogP) is 4.89. The first-order valence-corrected chi connectivity index (χ1v) is 6.31. The van der Waals surface area contributed by atoms with Crippen molar-refractivity contribution in [2.24, 2.45) is 5.41 Å². The van der Waals surface area contributed by atoms with Crippen molar-refractivity contribution < 1.29 is 4.74 Å². The Labute approximate surface area is 108 Å². The molecule has 1 rings (SSSR count). The second-order valence-corrected chi connectivity index (χ2v) is 5.70. The number of hydrogen-bond acceptors (Lipinski definition) is 1. The highest BCUT2D eigenvalue weighted by molar-refractivity contribution is 6.32. The molecule has 0 radical (unpaired) electrons. The monoisotopic (exact) mass is 260 g/mol. The Morgan fingerprint density at radius 1 is 1.25 bits per heavy atom. The van der Waals surface area contributed by atoms with Crippen LogP contribution in [0.4, 0.5) is 0 Å². The second kappa shape index (κ2) is 5.79. The van der Waals surface area contributed by atoms with Gasteiger partial charge in [-0.3, -0.25) is 0 Å². The van der Waals surface area contributed by atoms with Gasteiger partial charge in [0, 0.05) is 5.56 Å². The Bertz CT molecular complexity index is 342. The molecule has 0 aliphatic heterocycles. The van der Waals surface area contributed by atoms with Gasteiger partial charge >= 0.3 is 0 Å². The van der Waals surface area contributed by atoms with E-state index in [1.54, 1.807) is 0 Å². The van der Waals surface area contributed by atoms with Crippen LogP contribution in [0.5, 0.6) is 5.75 Å². The molecule has 1 nitrogen and oxygen atoms in total. The van der Waals surface area contributed by atoms with Gasteiger partial charge in [0.15, 0.2) is 0 Å². The highest BCUT2D eigenvalue weighted by Gasteiger charge is 2.12. The van der Waals surface area contributed by atoms with E-state index in [0.29, 0.717) is 17.5 Å². The molecule has 0 saturated carbocycles. The van der Waals surface area contributed by atoms with Crippen LogP contribution in [-0.2, 0) is 5.88 Å². The second-order valence-electron chi connectivity index (χ2n) is 5.02. The minimum absolute atomic E-state index is 0.266. The number of halogens is 2. The highest BCUT2D eigenvalue weighted by atomic mass is 35.5. The molecule has 0 aromatic heterocycles. The Hall–Kier alpha value is -0.400. The molecule has 0 heterocycles. The van der Waals surface area contributed by atoms with E-state index in [1.165, 1.54) is 0 Å². The number of para-hydroxylation sites is 1. The van der Waals surface area contributed by atoms with Crippen LogP contribution in [0.1, 0.15) is 32.8 Å². The number of benzene rings is 1. The van der Waals surface area contributed by atoms with Gasteiger partial charge < -0.3 is 4.74 Å². The molecule has 0 spiro atoms. The number of ether oxygens (including phenoxy) is 1. The third-order valence-corrected chi connectivity index (χ3v) is 2.88. The van der Waals surface area contributed by atoms with Crippen LogP contribution in [0.2, 0.25) is 5.02 Å². The zero-order valence-electron chi connectivity index (χ0n) is 10.0. The van der Waals surface area contributed by atoms with Crippen molar-refractivity contribution in [3.8, 4) is 5.75 Å². The van der Waals surface area contributed by atoms with Gasteiger partial charge in [0.2, 0.25) is 0 Å². The van der Waals surface area contributed by atoms with Gasteiger partial charge in [-0.05, 0) is 17.9 Å². The third-order valence-electron chi connectivity index (χ3n) is 2.29. The van der Waals surface area contributed by atoms with Gasteiger partial charge in [-0.15, -0.1) is 11.6 Å². The smallest absolute Gasteiger partial charge is 0.142 e. The summed E-state index contributed by atoms with van der Waals surface area (Å²) in [7, 11) is 0. The van der Waals surface area contributed by atoms with E-state index in [0.717, 1.165) is 17.7 Å². The summed E-state index contributed by atoms with van der Waals surface area (Å²) in [6, 6.07) is 5.64. The van der Waals surface area contributed by atoms with Gasteiger partial charge in [-0.25, -0.2) is 0 Å². The molecule has 0 unspecified atom stereocenters. The topological polar surface area (TPSA) is 9.23 Å². The Morgan fingerprint density at radius 3 is 2.50 bits per heavy atom. The van der Waals surface area contributed by atoms with Crippen LogP contribution < -0.4 is 4.74 Å². The molecule has 0 amide bonds. The van der Waals surface area contributed by atoms with Crippen molar-refractivity contribution >= 4 is 23.2 Å². The quantitative estimate of drug-likeness (QED) is 0.701. The van der Waals surface area contributed by atoms with E-state index in [2.05, 4.69) is 20.8 Å². The van der Waals surface area contributed by atoms with Crippen molar-refractivity contribution in [1.82, 2.24) is 0 Å². The zero-order chi connectivity index (χ0) is 12.2. The normalized spacial score (nSPS) is 11.6. The van der Waals surface area contributed by atoms with E-state index in [-0.39, 0.29) is 5.41 Å². The summed E-state index contributed by atoms with van der Waals surface area (Å²) in [5.74, 6) is 1.15. The first kappa shape index (κ1) is 13.7. The van der Waals surface area contributed by atoms with Crippen LogP contribution in [0, 0.1) is 5.41 Å². The summed E-state index contributed by atoms with van der Waals surface area (Å²) >= 11 is 11.9. The minimum atomic E-state index is 0.266. The number of rotatable bonds is 4. The highest BCUT2D eigenvalue weighted by Crippen LogP contribution is 2.30. The average Bonchev–Trinajstić information content (AvgIpc) is 2.18. The summed E-state index contributed by atoms with van der Waals surface area (Å²) in [5, 5.41) is 0.632. The molecule has 0 saturated heterocycles. The summed E-state index contributed by atoms with van der Waals surface area (Å²) < 4.78 is 5.72. The van der Waals surface area contributed by atoms with Crippen LogP contribution in [0.25, 0.3) is 0 Å². The fourth-order valence-electron chi connectivity index (χ4n) is 1.28. The van der Waals surface area contributed by atoms with E-state index >= 15 is 0 Å². The molecule has 0 N–H and O–H groups in total. The van der Waals surface area contributed by atoms with Crippen molar-refractivity contribution in [2.45, 2.75) is 33.1 Å². The first-order chi connectivity index (χ1) is 7.44. The molecule has 1 aromatic carbocycles. The number of alkyl halides is 1. The van der Waals surface area contributed by atoms with Gasteiger partial charge in [-0.2, -0.15) is 0 Å². The molecule has 0 fully saturated rings. The lowest BCUT2D eigenvalue weighted by Gasteiger charge is -2.19. The fraction of sp³-hybridized carbons (Fsp3) is 0.538. The maximum absolute atomic E-state index is 6.07. The average molecular weight is 261 g/mol. The molecular weight excluding hydrogens is 243 g/mol. The summed E-state index contributed by atoms with van der Waals surface area (Å²) in [4.78, 5) is 0. The van der Waals surface area contributed by atoms with Crippen molar-refractivity contribution in [3.63, 3.8) is 0 Å². The molecular formula is C13H18Cl2O. The molecule has 0 atom stereocenters. The Kier molecular flexibility index (Phi) is 4.94. The van der Waals surface area contributed by atoms with Crippen LogP contribution in [-0.4, -0.2) is 6.61 Å². The van der Waals surface area contributed by atoms with E-state index in [9.17, 15) is 0 Å². The maximum atomic E-state index is 6.07.